The maximum atomic E-state index is 12.5. The smallest absolute Gasteiger partial charge is 0.278 e. The minimum absolute atomic E-state index is 0.273. The molecule has 2 aromatic heterocycles. The van der Waals surface area contributed by atoms with Gasteiger partial charge in [-0.1, -0.05) is 12.1 Å². The SMILES string of the molecule is O=c1[nH]c2ccccc2nc1-c1nc2ccc(OCCN3CCOCC3)cc2[nH]1. The first-order valence-corrected chi connectivity index (χ1v) is 9.68. The molecule has 0 radical (unpaired) electrons. The Morgan fingerprint density at radius 2 is 1.83 bits per heavy atom. The van der Waals surface area contributed by atoms with Gasteiger partial charge in [-0.25, -0.2) is 9.97 Å². The van der Waals surface area contributed by atoms with Crippen LogP contribution in [0.3, 0.4) is 0 Å². The summed E-state index contributed by atoms with van der Waals surface area (Å²) in [6.45, 7) is 4.93. The molecular formula is C21H21N5O3. The van der Waals surface area contributed by atoms with Crippen LogP contribution in [0.1, 0.15) is 0 Å². The normalized spacial score (nSPS) is 15.2. The van der Waals surface area contributed by atoms with Crippen LogP contribution < -0.4 is 10.3 Å². The molecule has 0 atom stereocenters. The summed E-state index contributed by atoms with van der Waals surface area (Å²) < 4.78 is 11.3. The predicted molar refractivity (Wildman–Crippen MR) is 110 cm³/mol. The zero-order valence-corrected chi connectivity index (χ0v) is 15.9. The Hall–Kier alpha value is -3.23. The van der Waals surface area contributed by atoms with Crippen LogP contribution in [0.5, 0.6) is 5.75 Å². The average Bonchev–Trinajstić information content (AvgIpc) is 3.17. The number of aromatic amines is 2. The maximum Gasteiger partial charge on any atom is 0.278 e. The maximum absolute atomic E-state index is 12.5. The van der Waals surface area contributed by atoms with E-state index in [1.807, 2.05) is 42.5 Å². The molecule has 2 N–H and O–H groups in total. The lowest BCUT2D eigenvalue weighted by Crippen LogP contribution is -2.38. The zero-order valence-electron chi connectivity index (χ0n) is 15.9. The average molecular weight is 391 g/mol. The number of fused-ring (bicyclic) bond motifs is 2. The quantitative estimate of drug-likeness (QED) is 0.541. The number of hydrogen-bond donors (Lipinski definition) is 2. The van der Waals surface area contributed by atoms with Crippen molar-refractivity contribution in [3.05, 3.63) is 52.8 Å². The molecule has 1 saturated heterocycles. The van der Waals surface area contributed by atoms with Crippen molar-refractivity contribution in [3.8, 4) is 17.3 Å². The molecule has 8 nitrogen and oxygen atoms in total. The highest BCUT2D eigenvalue weighted by Crippen LogP contribution is 2.22. The van der Waals surface area contributed by atoms with Crippen LogP contribution in [0.2, 0.25) is 0 Å². The molecule has 1 fully saturated rings. The Labute approximate surface area is 166 Å². The van der Waals surface area contributed by atoms with Crippen molar-refractivity contribution in [1.82, 2.24) is 24.8 Å². The van der Waals surface area contributed by atoms with Gasteiger partial charge in [0, 0.05) is 25.7 Å². The third kappa shape index (κ3) is 3.72. The van der Waals surface area contributed by atoms with Crippen molar-refractivity contribution in [1.29, 1.82) is 0 Å². The number of benzene rings is 2. The van der Waals surface area contributed by atoms with Gasteiger partial charge in [-0.15, -0.1) is 0 Å². The summed E-state index contributed by atoms with van der Waals surface area (Å²) in [5, 5.41) is 0. The minimum Gasteiger partial charge on any atom is -0.492 e. The van der Waals surface area contributed by atoms with Crippen molar-refractivity contribution in [2.75, 3.05) is 39.5 Å². The summed E-state index contributed by atoms with van der Waals surface area (Å²) >= 11 is 0. The lowest BCUT2D eigenvalue weighted by molar-refractivity contribution is 0.0322. The molecule has 2 aromatic carbocycles. The van der Waals surface area contributed by atoms with Crippen molar-refractivity contribution in [2.45, 2.75) is 0 Å². The third-order valence-corrected chi connectivity index (χ3v) is 5.06. The summed E-state index contributed by atoms with van der Waals surface area (Å²) in [5.41, 5.74) is 2.98. The standard InChI is InChI=1S/C21H21N5O3/c27-21-19(22-15-3-1-2-4-16(15)25-21)20-23-17-6-5-14(13-18(17)24-20)29-12-9-26-7-10-28-11-8-26/h1-6,13H,7-12H2,(H,23,24)(H,25,27). The van der Waals surface area contributed by atoms with E-state index in [1.165, 1.54) is 0 Å². The molecule has 0 saturated carbocycles. The van der Waals surface area contributed by atoms with E-state index in [9.17, 15) is 4.79 Å². The van der Waals surface area contributed by atoms with Gasteiger partial charge in [0.05, 0.1) is 35.3 Å². The van der Waals surface area contributed by atoms with E-state index >= 15 is 0 Å². The zero-order chi connectivity index (χ0) is 19.6. The molecule has 0 bridgehead atoms. The van der Waals surface area contributed by atoms with Crippen LogP contribution >= 0.6 is 0 Å². The van der Waals surface area contributed by atoms with Crippen LogP contribution in [0.15, 0.2) is 47.3 Å². The van der Waals surface area contributed by atoms with Gasteiger partial charge in [0.2, 0.25) is 0 Å². The number of para-hydroxylation sites is 2. The highest BCUT2D eigenvalue weighted by molar-refractivity contribution is 5.81. The van der Waals surface area contributed by atoms with Crippen molar-refractivity contribution in [3.63, 3.8) is 0 Å². The second-order valence-electron chi connectivity index (χ2n) is 7.00. The number of nitrogens with one attached hydrogen (secondary N) is 2. The summed E-state index contributed by atoms with van der Waals surface area (Å²) in [7, 11) is 0. The molecule has 0 amide bonds. The van der Waals surface area contributed by atoms with Crippen LogP contribution in [-0.2, 0) is 4.74 Å². The summed E-state index contributed by atoms with van der Waals surface area (Å²) in [5.74, 6) is 1.21. The van der Waals surface area contributed by atoms with Crippen LogP contribution in [0.4, 0.5) is 0 Å². The number of hydrogen-bond acceptors (Lipinski definition) is 6. The summed E-state index contributed by atoms with van der Waals surface area (Å²) in [4.78, 5) is 29.8. The topological polar surface area (TPSA) is 96.1 Å². The molecular weight excluding hydrogens is 370 g/mol. The molecule has 1 aliphatic rings. The predicted octanol–water partition coefficient (Wildman–Crippen LogP) is 2.18. The van der Waals surface area contributed by atoms with Crippen molar-refractivity contribution >= 4 is 22.1 Å². The Morgan fingerprint density at radius 3 is 2.72 bits per heavy atom. The van der Waals surface area contributed by atoms with Gasteiger partial charge >= 0.3 is 0 Å². The molecule has 29 heavy (non-hydrogen) atoms. The van der Waals surface area contributed by atoms with Crippen LogP contribution in [-0.4, -0.2) is 64.3 Å². The highest BCUT2D eigenvalue weighted by atomic mass is 16.5. The first-order chi connectivity index (χ1) is 14.3. The fraction of sp³-hybridized carbons (Fsp3) is 0.286. The fourth-order valence-corrected chi connectivity index (χ4v) is 3.50. The number of nitrogens with zero attached hydrogens (tertiary/aromatic N) is 3. The van der Waals surface area contributed by atoms with E-state index in [4.69, 9.17) is 9.47 Å². The first kappa shape index (κ1) is 17.8. The number of aromatic nitrogens is 4. The van der Waals surface area contributed by atoms with Gasteiger partial charge in [0.15, 0.2) is 11.5 Å². The number of imidazole rings is 1. The largest absolute Gasteiger partial charge is 0.492 e. The van der Waals surface area contributed by atoms with Gasteiger partial charge in [0.1, 0.15) is 12.4 Å². The fourth-order valence-electron chi connectivity index (χ4n) is 3.50. The third-order valence-electron chi connectivity index (χ3n) is 5.06. The number of H-pyrrole nitrogens is 2. The van der Waals surface area contributed by atoms with Gasteiger partial charge in [-0.05, 0) is 24.3 Å². The molecule has 0 spiro atoms. The second-order valence-corrected chi connectivity index (χ2v) is 7.00. The van der Waals surface area contributed by atoms with E-state index in [0.717, 1.165) is 55.1 Å². The van der Waals surface area contributed by atoms with Gasteiger partial charge in [-0.3, -0.25) is 9.69 Å². The van der Waals surface area contributed by atoms with E-state index in [0.29, 0.717) is 17.9 Å². The Morgan fingerprint density at radius 1 is 1.00 bits per heavy atom. The lowest BCUT2D eigenvalue weighted by Gasteiger charge is -2.26. The Bertz CT molecular complexity index is 1210. The minimum atomic E-state index is -0.273. The van der Waals surface area contributed by atoms with Crippen LogP contribution in [0, 0.1) is 0 Å². The molecule has 8 heteroatoms. The molecule has 1 aliphatic heterocycles. The number of rotatable bonds is 5. The Balaban J connectivity index is 1.36. The number of morpholine rings is 1. The molecule has 148 valence electrons. The molecule has 3 heterocycles. The van der Waals surface area contributed by atoms with Crippen molar-refractivity contribution in [2.24, 2.45) is 0 Å². The van der Waals surface area contributed by atoms with Gasteiger partial charge in [-0.2, -0.15) is 0 Å². The number of ether oxygens (including phenoxy) is 2. The van der Waals surface area contributed by atoms with E-state index < -0.39 is 0 Å². The molecule has 0 unspecified atom stereocenters. The van der Waals surface area contributed by atoms with Crippen LogP contribution in [0.25, 0.3) is 33.6 Å². The second kappa shape index (κ2) is 7.65. The monoisotopic (exact) mass is 391 g/mol. The summed E-state index contributed by atoms with van der Waals surface area (Å²) in [6, 6.07) is 13.1. The van der Waals surface area contributed by atoms with Gasteiger partial charge in [0.25, 0.3) is 5.56 Å². The molecule has 4 aromatic rings. The van der Waals surface area contributed by atoms with Crippen molar-refractivity contribution < 1.29 is 9.47 Å². The highest BCUT2D eigenvalue weighted by Gasteiger charge is 2.13. The molecule has 5 rings (SSSR count). The summed E-state index contributed by atoms with van der Waals surface area (Å²) in [6.07, 6.45) is 0. The Kier molecular flexibility index (Phi) is 4.71. The van der Waals surface area contributed by atoms with E-state index in [2.05, 4.69) is 24.8 Å². The van der Waals surface area contributed by atoms with E-state index in [-0.39, 0.29) is 11.3 Å². The van der Waals surface area contributed by atoms with E-state index in [1.54, 1.807) is 0 Å². The molecule has 0 aliphatic carbocycles. The first-order valence-electron chi connectivity index (χ1n) is 9.68. The lowest BCUT2D eigenvalue weighted by atomic mass is 10.3. The van der Waals surface area contributed by atoms with Gasteiger partial charge < -0.3 is 19.4 Å².